The normalized spacial score (nSPS) is 0. The zero-order valence-corrected chi connectivity index (χ0v) is 14.9. The molecular formula is H24Cl6N6Ru. The molecule has 6 nitrogen and oxygen atoms in total. The van der Waals surface area contributed by atoms with E-state index in [-0.39, 0.29) is 131 Å². The fourth-order valence-electron chi connectivity index (χ4n) is 0. The van der Waals surface area contributed by atoms with Crippen molar-refractivity contribution in [2.24, 2.45) is 0 Å². The Balaban J connectivity index is 0. The molecule has 0 rings (SSSR count). The van der Waals surface area contributed by atoms with Crippen LogP contribution in [0.25, 0.3) is 0 Å². The van der Waals surface area contributed by atoms with Gasteiger partial charge in [-0.25, -0.2) is 0 Å². The molecule has 0 saturated heterocycles. The van der Waals surface area contributed by atoms with E-state index < -0.39 is 0 Å². The number of hydrogen-bond acceptors (Lipinski definition) is 0. The average molecular weight is 422 g/mol. The first-order valence-corrected chi connectivity index (χ1v) is 0. The van der Waals surface area contributed by atoms with Gasteiger partial charge in [-0.15, -0.1) is 0 Å². The van der Waals surface area contributed by atoms with E-state index in [0.717, 1.165) is 0 Å². The van der Waals surface area contributed by atoms with Crippen molar-refractivity contribution in [3.8, 4) is 0 Å². The molecule has 0 spiro atoms. The predicted molar refractivity (Wildman–Crippen MR) is 35.9 cm³/mol. The summed E-state index contributed by atoms with van der Waals surface area (Å²) in [6.45, 7) is 0. The molecule has 0 aliphatic carbocycles. The van der Waals surface area contributed by atoms with Crippen molar-refractivity contribution in [1.29, 1.82) is 0 Å². The van der Waals surface area contributed by atoms with Gasteiger partial charge in [0, 0.05) is 19.5 Å². The topological polar surface area (TPSA) is 219 Å². The van der Waals surface area contributed by atoms with Crippen LogP contribution < -0.4 is 111 Å². The third kappa shape index (κ3) is 460. The molecule has 13 heteroatoms. The Labute approximate surface area is 130 Å². The Kier molecular flexibility index (Phi) is 27800. The molecule has 0 aliphatic rings. The van der Waals surface area contributed by atoms with E-state index in [1.807, 2.05) is 0 Å². The smallest absolute Gasteiger partial charge is 0 e. The van der Waals surface area contributed by atoms with Crippen LogP contribution >= 0.6 is 0 Å². The van der Waals surface area contributed by atoms with Gasteiger partial charge in [-0.3, -0.25) is 0 Å². The van der Waals surface area contributed by atoms with Crippen LogP contribution in [0.5, 0.6) is 0 Å². The summed E-state index contributed by atoms with van der Waals surface area (Å²) in [5.41, 5.74) is 0. The minimum Gasteiger partial charge on any atom is -1.00 e. The first-order valence-electron chi connectivity index (χ1n) is 0. The summed E-state index contributed by atoms with van der Waals surface area (Å²) in [5, 5.41) is 0. The van der Waals surface area contributed by atoms with E-state index in [4.69, 9.17) is 0 Å². The molecule has 0 amide bonds. The van der Waals surface area contributed by atoms with Gasteiger partial charge >= 0.3 is 0 Å². The summed E-state index contributed by atoms with van der Waals surface area (Å²) in [7, 11) is 0. The van der Waals surface area contributed by atoms with Gasteiger partial charge in [-0.05, 0) is 0 Å². The van der Waals surface area contributed by atoms with Gasteiger partial charge < -0.3 is 111 Å². The predicted octanol–water partition coefficient (Wildman–Crippen LogP) is -15.7. The van der Waals surface area contributed by atoms with Crippen LogP contribution in [-0.4, -0.2) is 0 Å². The molecule has 0 fully saturated rings. The maximum Gasteiger partial charge on any atom is 0 e. The second kappa shape index (κ2) is 539. The van der Waals surface area contributed by atoms with Crippen molar-refractivity contribution in [2.75, 3.05) is 0 Å². The fourth-order valence-corrected chi connectivity index (χ4v) is 0. The Morgan fingerprint density at radius 3 is 0.231 bits per heavy atom. The van der Waals surface area contributed by atoms with Crippen molar-refractivity contribution in [2.45, 2.75) is 0 Å². The van der Waals surface area contributed by atoms with Crippen LogP contribution in [0.15, 0.2) is 0 Å². The van der Waals surface area contributed by atoms with Crippen molar-refractivity contribution in [3.05, 3.63) is 0 Å². The van der Waals surface area contributed by atoms with Crippen LogP contribution in [0, 0.1) is 0 Å². The van der Waals surface area contributed by atoms with Gasteiger partial charge in [-0.1, -0.05) is 0 Å². The van der Waals surface area contributed by atoms with Crippen molar-refractivity contribution < 1.29 is 93.9 Å². The minimum absolute atomic E-state index is 0. The summed E-state index contributed by atoms with van der Waals surface area (Å²) in [6, 6.07) is 0. The minimum atomic E-state index is 0. The van der Waals surface area contributed by atoms with Gasteiger partial charge in [0.25, 0.3) is 0 Å². The standard InChI is InChI=1S/6ClH.6H3N.Ru/h6*1H;6*1H3;. The van der Waals surface area contributed by atoms with Crippen LogP contribution in [0.2, 0.25) is 0 Å². The molecule has 0 aliphatic heterocycles. The Morgan fingerprint density at radius 2 is 0.231 bits per heavy atom. The van der Waals surface area contributed by atoms with E-state index in [1.54, 1.807) is 0 Å². The molecule has 0 heterocycles. The third-order valence-corrected chi connectivity index (χ3v) is 0. The monoisotopic (exact) mass is 420 g/mol. The number of quaternary nitrogens is 6. The zero-order chi connectivity index (χ0) is 0. The Bertz CT molecular complexity index is 17.1. The van der Waals surface area contributed by atoms with E-state index >= 15 is 0 Å². The van der Waals surface area contributed by atoms with E-state index in [2.05, 4.69) is 0 Å². The molecule has 0 radical (unpaired) electrons. The van der Waals surface area contributed by atoms with E-state index in [1.165, 1.54) is 0 Å². The van der Waals surface area contributed by atoms with Crippen LogP contribution in [0.4, 0.5) is 0 Å². The molecule has 0 aromatic rings. The number of rotatable bonds is 0. The Morgan fingerprint density at radius 1 is 0.231 bits per heavy atom. The maximum absolute atomic E-state index is 0. The molecule has 0 unspecified atom stereocenters. The van der Waals surface area contributed by atoms with Crippen molar-refractivity contribution in [1.82, 2.24) is 36.9 Å². The molecule has 0 aromatic heterocycles. The second-order valence-electron chi connectivity index (χ2n) is 0. The second-order valence-corrected chi connectivity index (χ2v) is 0. The quantitative estimate of drug-likeness (QED) is 0.200. The number of halogens is 6. The van der Waals surface area contributed by atoms with Crippen molar-refractivity contribution >= 4 is 0 Å². The first-order chi connectivity index (χ1) is 0. The summed E-state index contributed by atoms with van der Waals surface area (Å²) in [4.78, 5) is 0. The molecule has 104 valence electrons. The fraction of sp³-hybridized carbons (Fsp3) is 0. The van der Waals surface area contributed by atoms with E-state index in [0.29, 0.717) is 0 Å². The number of hydrogen-bond donors (Lipinski definition) is 6. The summed E-state index contributed by atoms with van der Waals surface area (Å²) in [5.74, 6) is 0. The molecular weight excluding hydrogens is 398 g/mol. The largest absolute Gasteiger partial charge is 1.00 e. The Hall–Kier alpha value is 2.12. The molecule has 13 heavy (non-hydrogen) atoms. The van der Waals surface area contributed by atoms with Crippen LogP contribution in [-0.2, 0) is 19.5 Å². The summed E-state index contributed by atoms with van der Waals surface area (Å²) < 4.78 is 0. The van der Waals surface area contributed by atoms with Crippen LogP contribution in [0.3, 0.4) is 0 Å². The SMILES string of the molecule is [Cl-].[Cl-].[Cl-].[Cl-].[Cl-].[Cl-].[NH4+].[NH4+].[NH4+].[NH4+].[NH4+].[NH4+].[Ru]. The summed E-state index contributed by atoms with van der Waals surface area (Å²) in [6.07, 6.45) is 0. The van der Waals surface area contributed by atoms with E-state index in [9.17, 15) is 0 Å². The molecule has 0 saturated carbocycles. The van der Waals surface area contributed by atoms with Gasteiger partial charge in [0.2, 0.25) is 0 Å². The third-order valence-electron chi connectivity index (χ3n) is 0. The molecule has 0 aromatic carbocycles. The first kappa shape index (κ1) is 669. The maximum atomic E-state index is 0. The van der Waals surface area contributed by atoms with Gasteiger partial charge in [0.1, 0.15) is 0 Å². The van der Waals surface area contributed by atoms with Gasteiger partial charge in [0.15, 0.2) is 0 Å². The van der Waals surface area contributed by atoms with Gasteiger partial charge in [0.05, 0.1) is 0 Å². The van der Waals surface area contributed by atoms with Crippen molar-refractivity contribution in [3.63, 3.8) is 0 Å². The molecule has 24 N–H and O–H groups in total. The zero-order valence-electron chi connectivity index (χ0n) is 8.62. The van der Waals surface area contributed by atoms with Crippen LogP contribution in [0.1, 0.15) is 0 Å². The van der Waals surface area contributed by atoms with Gasteiger partial charge in [-0.2, -0.15) is 0 Å². The summed E-state index contributed by atoms with van der Waals surface area (Å²) >= 11 is 0. The molecule has 0 bridgehead atoms. The average Bonchev–Trinajstić information content (AvgIpc) is 0. The molecule has 0 atom stereocenters.